The molecule has 1 aromatic rings. The molecule has 1 unspecified atom stereocenters. The summed E-state index contributed by atoms with van der Waals surface area (Å²) in [7, 11) is 5.13. The minimum absolute atomic E-state index is 0. The van der Waals surface area contributed by atoms with Gasteiger partial charge in [-0.15, -0.1) is 24.0 Å². The van der Waals surface area contributed by atoms with Crippen molar-refractivity contribution in [1.82, 2.24) is 15.5 Å². The molecule has 0 bridgehead atoms. The van der Waals surface area contributed by atoms with Gasteiger partial charge in [0.05, 0.1) is 33.5 Å². The van der Waals surface area contributed by atoms with Gasteiger partial charge in [-0.25, -0.2) is 0 Å². The van der Waals surface area contributed by atoms with Gasteiger partial charge in [-0.05, 0) is 23.6 Å². The monoisotopic (exact) mass is 506 g/mol. The Morgan fingerprint density at radius 2 is 1.75 bits per heavy atom. The number of hydrogen-bond donors (Lipinski definition) is 2. The van der Waals surface area contributed by atoms with Crippen LogP contribution in [0.15, 0.2) is 23.2 Å². The smallest absolute Gasteiger partial charge is 0.191 e. The number of hydrogen-bond acceptors (Lipinski definition) is 5. The third-order valence-electron chi connectivity index (χ3n) is 4.64. The molecule has 2 rings (SSSR count). The Morgan fingerprint density at radius 1 is 1.11 bits per heavy atom. The summed E-state index contributed by atoms with van der Waals surface area (Å²) in [4.78, 5) is 6.78. The quantitative estimate of drug-likeness (QED) is 0.321. The van der Waals surface area contributed by atoms with Crippen LogP contribution in [0.1, 0.15) is 25.5 Å². The molecule has 0 saturated carbocycles. The van der Waals surface area contributed by atoms with Crippen LogP contribution < -0.4 is 20.1 Å². The summed E-state index contributed by atoms with van der Waals surface area (Å²) in [5, 5.41) is 6.84. The average molecular weight is 506 g/mol. The summed E-state index contributed by atoms with van der Waals surface area (Å²) in [6, 6.07) is 6.32. The number of benzene rings is 1. The van der Waals surface area contributed by atoms with E-state index in [0.29, 0.717) is 5.92 Å². The van der Waals surface area contributed by atoms with Crippen LogP contribution in [-0.2, 0) is 4.74 Å². The summed E-state index contributed by atoms with van der Waals surface area (Å²) in [6.45, 7) is 9.30. The van der Waals surface area contributed by atoms with E-state index in [1.54, 1.807) is 21.3 Å². The van der Waals surface area contributed by atoms with Crippen molar-refractivity contribution in [2.45, 2.75) is 19.9 Å². The second-order valence-corrected chi connectivity index (χ2v) is 7.01. The fourth-order valence-electron chi connectivity index (χ4n) is 3.12. The van der Waals surface area contributed by atoms with Gasteiger partial charge >= 0.3 is 0 Å². The molecule has 1 aromatic carbocycles. The van der Waals surface area contributed by atoms with Crippen molar-refractivity contribution in [2.24, 2.45) is 10.9 Å². The van der Waals surface area contributed by atoms with Crippen molar-refractivity contribution in [2.75, 3.05) is 60.7 Å². The summed E-state index contributed by atoms with van der Waals surface area (Å²) >= 11 is 0. The molecule has 1 heterocycles. The lowest BCUT2D eigenvalue weighted by Crippen LogP contribution is -2.46. The van der Waals surface area contributed by atoms with E-state index in [0.717, 1.165) is 56.9 Å². The highest BCUT2D eigenvalue weighted by atomic mass is 127. The Hall–Kier alpha value is -1.26. The van der Waals surface area contributed by atoms with Crippen molar-refractivity contribution in [3.05, 3.63) is 23.8 Å². The maximum atomic E-state index is 5.54. The van der Waals surface area contributed by atoms with Crippen molar-refractivity contribution in [1.29, 1.82) is 0 Å². The van der Waals surface area contributed by atoms with E-state index in [9.17, 15) is 0 Å². The molecule has 2 N–H and O–H groups in total. The Labute approximate surface area is 186 Å². The molecule has 7 nitrogen and oxygen atoms in total. The highest BCUT2D eigenvalue weighted by Gasteiger charge is 2.24. The Bertz CT molecular complexity index is 607. The second kappa shape index (κ2) is 13.1. The molecule has 160 valence electrons. The zero-order chi connectivity index (χ0) is 19.6. The van der Waals surface area contributed by atoms with Crippen LogP contribution in [0, 0.1) is 5.92 Å². The van der Waals surface area contributed by atoms with Gasteiger partial charge in [-0.1, -0.05) is 19.9 Å². The molecular weight excluding hydrogens is 471 g/mol. The molecule has 0 aliphatic carbocycles. The van der Waals surface area contributed by atoms with Crippen LogP contribution in [0.2, 0.25) is 0 Å². The first kappa shape index (κ1) is 24.8. The summed E-state index contributed by atoms with van der Waals surface area (Å²) in [5.41, 5.74) is 1.18. The number of methoxy groups -OCH3 is 2. The van der Waals surface area contributed by atoms with Crippen molar-refractivity contribution >= 4 is 29.9 Å². The Morgan fingerprint density at radius 3 is 2.32 bits per heavy atom. The normalized spacial score (nSPS) is 16.3. The third-order valence-corrected chi connectivity index (χ3v) is 4.64. The molecule has 1 fully saturated rings. The molecule has 0 spiro atoms. The van der Waals surface area contributed by atoms with Crippen molar-refractivity contribution < 1.29 is 14.2 Å². The molecule has 1 atom stereocenters. The first-order chi connectivity index (χ1) is 13.1. The molecule has 1 saturated heterocycles. The molecule has 28 heavy (non-hydrogen) atoms. The zero-order valence-electron chi connectivity index (χ0n) is 17.7. The van der Waals surface area contributed by atoms with Crippen LogP contribution in [0.4, 0.5) is 0 Å². The maximum Gasteiger partial charge on any atom is 0.191 e. The van der Waals surface area contributed by atoms with Crippen LogP contribution in [0.5, 0.6) is 11.5 Å². The van der Waals surface area contributed by atoms with E-state index in [2.05, 4.69) is 46.5 Å². The Kier molecular flexibility index (Phi) is 11.6. The van der Waals surface area contributed by atoms with E-state index in [1.165, 1.54) is 5.56 Å². The molecule has 0 aromatic heterocycles. The molecule has 1 aliphatic rings. The van der Waals surface area contributed by atoms with E-state index in [4.69, 9.17) is 14.2 Å². The summed E-state index contributed by atoms with van der Waals surface area (Å²) in [5.74, 6) is 2.87. The fourth-order valence-corrected chi connectivity index (χ4v) is 3.12. The largest absolute Gasteiger partial charge is 0.493 e. The highest BCUT2D eigenvalue weighted by Crippen LogP contribution is 2.32. The molecule has 8 heteroatoms. The zero-order valence-corrected chi connectivity index (χ0v) is 20.0. The number of nitrogens with zero attached hydrogens (tertiary/aromatic N) is 2. The molecule has 0 radical (unpaired) electrons. The van der Waals surface area contributed by atoms with Gasteiger partial charge in [0, 0.05) is 33.2 Å². The van der Waals surface area contributed by atoms with Gasteiger partial charge in [-0.2, -0.15) is 0 Å². The first-order valence-corrected chi connectivity index (χ1v) is 9.57. The molecule has 1 aliphatic heterocycles. The van der Waals surface area contributed by atoms with E-state index < -0.39 is 0 Å². The van der Waals surface area contributed by atoms with Crippen LogP contribution >= 0.6 is 24.0 Å². The van der Waals surface area contributed by atoms with Gasteiger partial charge in [0.1, 0.15) is 0 Å². The second-order valence-electron chi connectivity index (χ2n) is 7.01. The van der Waals surface area contributed by atoms with Gasteiger partial charge < -0.3 is 24.8 Å². The number of guanidine groups is 1. The van der Waals surface area contributed by atoms with E-state index >= 15 is 0 Å². The predicted octanol–water partition coefficient (Wildman–Crippen LogP) is 2.52. The number of rotatable bonds is 8. The van der Waals surface area contributed by atoms with Crippen LogP contribution in [-0.4, -0.2) is 71.5 Å². The number of ether oxygens (including phenoxy) is 3. The van der Waals surface area contributed by atoms with Crippen LogP contribution in [0.3, 0.4) is 0 Å². The maximum absolute atomic E-state index is 5.54. The van der Waals surface area contributed by atoms with Gasteiger partial charge in [0.25, 0.3) is 0 Å². The number of nitrogens with one attached hydrogen (secondary N) is 2. The topological polar surface area (TPSA) is 67.4 Å². The summed E-state index contributed by atoms with van der Waals surface area (Å²) in [6.07, 6.45) is 0. The minimum Gasteiger partial charge on any atom is -0.493 e. The minimum atomic E-state index is 0. The standard InChI is InChI=1S/C20H34N4O3.HI/c1-15(2)13-22-20(21-3)23-14-17(24-8-10-27-11-9-24)16-6-7-18(25-4)19(12-16)26-5;/h6-7,12,15,17H,8-11,13-14H2,1-5H3,(H2,21,22,23);1H. The molecule has 0 amide bonds. The van der Waals surface area contributed by atoms with Crippen LogP contribution in [0.25, 0.3) is 0 Å². The predicted molar refractivity (Wildman–Crippen MR) is 124 cm³/mol. The first-order valence-electron chi connectivity index (χ1n) is 9.57. The van der Waals surface area contributed by atoms with Crippen molar-refractivity contribution in [3.8, 4) is 11.5 Å². The lowest BCUT2D eigenvalue weighted by molar-refractivity contribution is 0.0169. The lowest BCUT2D eigenvalue weighted by atomic mass is 10.0. The molecular formula is C20H35IN4O3. The van der Waals surface area contributed by atoms with E-state index in [1.807, 2.05) is 6.07 Å². The number of aliphatic imine (C=N–C) groups is 1. The van der Waals surface area contributed by atoms with Gasteiger partial charge in [0.2, 0.25) is 0 Å². The highest BCUT2D eigenvalue weighted by molar-refractivity contribution is 14.0. The van der Waals surface area contributed by atoms with Gasteiger partial charge in [-0.3, -0.25) is 9.89 Å². The van der Waals surface area contributed by atoms with Crippen molar-refractivity contribution in [3.63, 3.8) is 0 Å². The summed E-state index contributed by atoms with van der Waals surface area (Å²) < 4.78 is 16.4. The fraction of sp³-hybridized carbons (Fsp3) is 0.650. The Balaban J connectivity index is 0.00000392. The lowest BCUT2D eigenvalue weighted by Gasteiger charge is -2.35. The van der Waals surface area contributed by atoms with Gasteiger partial charge in [0.15, 0.2) is 17.5 Å². The average Bonchev–Trinajstić information content (AvgIpc) is 2.70. The van der Waals surface area contributed by atoms with E-state index in [-0.39, 0.29) is 30.0 Å². The number of morpholine rings is 1. The number of halogens is 1. The SMILES string of the molecule is CN=C(NCC(C)C)NCC(c1ccc(OC)c(OC)c1)N1CCOCC1.I. The third kappa shape index (κ3) is 7.29.